The molecule has 4 aromatic rings. The number of esters is 1. The predicted octanol–water partition coefficient (Wildman–Crippen LogP) is 6.75. The van der Waals surface area contributed by atoms with Crippen molar-refractivity contribution in [1.82, 2.24) is 9.97 Å². The summed E-state index contributed by atoms with van der Waals surface area (Å²) in [5, 5.41) is 13.4. The number of carbonyl (C=O) groups excluding carboxylic acids is 3. The van der Waals surface area contributed by atoms with Crippen LogP contribution in [0.25, 0.3) is 0 Å². The average Bonchev–Trinajstić information content (AvgIpc) is 3.34. The Morgan fingerprint density at radius 2 is 0.778 bits per heavy atom. The molecule has 0 fully saturated rings. The highest BCUT2D eigenvalue weighted by Crippen LogP contribution is 2.33. The van der Waals surface area contributed by atoms with Crippen molar-refractivity contribution in [2.24, 2.45) is 0 Å². The molecule has 0 saturated carbocycles. The molecule has 0 saturated heterocycles. The molecule has 2 amide bonds. The van der Waals surface area contributed by atoms with Gasteiger partial charge in [0.2, 0.25) is 0 Å². The normalized spacial score (nSPS) is 9.68. The Labute approximate surface area is 486 Å². The lowest BCUT2D eigenvalue weighted by Gasteiger charge is -2.11. The Balaban J connectivity index is 0.000000503. The second kappa shape index (κ2) is 40.8. The van der Waals surface area contributed by atoms with Crippen LogP contribution in [-0.4, -0.2) is 45.9 Å². The van der Waals surface area contributed by atoms with Crippen LogP contribution in [0.3, 0.4) is 0 Å². The minimum absolute atomic E-state index is 0.0161. The van der Waals surface area contributed by atoms with E-state index in [0.717, 1.165) is 24.3 Å². The number of aromatic carboxylic acids is 1. The lowest BCUT2D eigenvalue weighted by molar-refractivity contribution is -0.138. The van der Waals surface area contributed by atoms with E-state index in [4.69, 9.17) is 27.5 Å². The lowest BCUT2D eigenvalue weighted by atomic mass is 10.1. The number of alkyl halides is 6. The first-order chi connectivity index (χ1) is 34.2. The van der Waals surface area contributed by atoms with Crippen LogP contribution in [-0.2, 0) is 248 Å². The van der Waals surface area contributed by atoms with Gasteiger partial charge in [-0.2, -0.15) is 26.3 Å². The number of carboxylic acid groups (broad SMARTS) is 1. The Hall–Kier alpha value is -0.300. The fraction of sp³-hybridized carbons (Fsp3) is 0.161. The van der Waals surface area contributed by atoms with Crippen LogP contribution >= 0.6 is 0 Å². The van der Waals surface area contributed by atoms with Crippen LogP contribution in [0, 0.1) is 13.8 Å². The third kappa shape index (κ3) is 32.4. The van der Waals surface area contributed by atoms with Crippen molar-refractivity contribution in [2.75, 3.05) is 17.7 Å². The molecular weight excluding hydrogens is 1440 g/mol. The van der Waals surface area contributed by atoms with Gasteiger partial charge in [-0.05, 0) is 85.6 Å². The molecule has 72 heavy (non-hydrogen) atoms. The van der Waals surface area contributed by atoms with E-state index in [9.17, 15) is 45.5 Å². The first kappa shape index (κ1) is 69.7. The number of carboxylic acids is 1. The summed E-state index contributed by atoms with van der Waals surface area (Å²) in [7, 11) is 35.6. The molecule has 396 valence electrons. The topological polar surface area (TPSA) is 148 Å². The van der Waals surface area contributed by atoms with Gasteiger partial charge in [0.25, 0.3) is 11.8 Å². The number of rotatable bonds is 6. The van der Waals surface area contributed by atoms with Crippen LogP contribution in [0.15, 0.2) is 72.8 Å². The van der Waals surface area contributed by atoms with Crippen molar-refractivity contribution >= 4 is 266 Å². The number of anilines is 2. The molecule has 0 unspecified atom stereocenters. The van der Waals surface area contributed by atoms with Crippen molar-refractivity contribution in [3.8, 4) is 0 Å². The summed E-state index contributed by atoms with van der Waals surface area (Å²) in [6.45, 7) is 2.95. The molecule has 0 bridgehead atoms. The molecule has 4 rings (SSSR count). The van der Waals surface area contributed by atoms with Crippen molar-refractivity contribution < 1.29 is 55.4 Å². The standard InChI is InChI=1S/C16H13F3N2O3.C15H11F3N2O3.S13.S12/c1-9-6-10(16(17,18)19)8-11(7-9)20-14(22)12-4-3-5-13(21-12)15(23)24-2;1-8-5-9(15(16,17)18)7-10(6-8)19-13(21)11-3-2-4-12(20-11)14(22)23;1-3-5-7-9-11-13-12-10-8-6-4-2;1-3-5-7-9-11-12-10-8-6-4-2/h3-8H,1-2H3,(H,20,22);2-7H,1H3,(H,19,21)(H,22,23);;. The Morgan fingerprint density at radius 1 is 0.486 bits per heavy atom. The van der Waals surface area contributed by atoms with Gasteiger partial charge in [0.05, 0.1) is 18.2 Å². The first-order valence-corrected chi connectivity index (χ1v) is 47.6. The fourth-order valence-corrected chi connectivity index (χ4v) is 50.7. The average molecular weight is 1460 g/mol. The summed E-state index contributed by atoms with van der Waals surface area (Å²) >= 11 is 18.8. The highest BCUT2D eigenvalue weighted by molar-refractivity contribution is 8.76. The van der Waals surface area contributed by atoms with Crippen LogP contribution in [0.1, 0.15) is 64.2 Å². The van der Waals surface area contributed by atoms with Gasteiger partial charge in [0, 0.05) is 243 Å². The second-order valence-electron chi connectivity index (χ2n) is 11.1. The van der Waals surface area contributed by atoms with Gasteiger partial charge in [0.15, 0.2) is 0 Å². The van der Waals surface area contributed by atoms with Gasteiger partial charge in [-0.3, -0.25) is 9.59 Å². The molecule has 0 radical (unpaired) electrons. The van der Waals surface area contributed by atoms with Gasteiger partial charge in [0.1, 0.15) is 22.8 Å². The van der Waals surface area contributed by atoms with E-state index in [1.165, 1.54) is 105 Å². The van der Waals surface area contributed by atoms with Gasteiger partial charge in [-0.1, -0.05) is 12.1 Å². The quantitative estimate of drug-likeness (QED) is 0.139. The van der Waals surface area contributed by atoms with Crippen LogP contribution in [0.2, 0.25) is 0 Å². The van der Waals surface area contributed by atoms with E-state index in [1.807, 2.05) is 0 Å². The number of hydrogen-bond acceptors (Lipinski definition) is 11. The fourth-order valence-electron chi connectivity index (χ4n) is 4.08. The SMILES string of the molecule is COC(=O)c1cccc(C(=O)Nc2cc(C)cc(C(F)(F)F)c2)n1.Cc1cc(NC(=O)c2cccc(C(=O)O)n2)cc(C(F)(F)F)c1.S=S=S=S=S=S=S=S=S=S=S=S.S=S=S=S=S=S=S=S=S=S=S=S=S. The van der Waals surface area contributed by atoms with Gasteiger partial charge >= 0.3 is 24.3 Å². The van der Waals surface area contributed by atoms with Crippen LogP contribution in [0.4, 0.5) is 37.7 Å². The second-order valence-corrected chi connectivity index (χ2v) is 48.3. The first-order valence-electron chi connectivity index (χ1n) is 17.0. The predicted molar refractivity (Wildman–Crippen MR) is 339 cm³/mol. The van der Waals surface area contributed by atoms with E-state index < -0.39 is 47.2 Å². The van der Waals surface area contributed by atoms with Crippen molar-refractivity contribution in [1.29, 1.82) is 0 Å². The number of methoxy groups -OCH3 is 1. The molecule has 0 aliphatic rings. The number of halogens is 6. The maximum atomic E-state index is 12.8. The maximum Gasteiger partial charge on any atom is 0.416 e. The maximum absolute atomic E-state index is 12.8. The van der Waals surface area contributed by atoms with E-state index in [2.05, 4.69) is 47.7 Å². The summed E-state index contributed by atoms with van der Waals surface area (Å²) in [5.41, 5.74) is -1.90. The molecule has 0 atom stereocenters. The minimum Gasteiger partial charge on any atom is -0.477 e. The number of benzene rings is 2. The molecule has 2 aromatic heterocycles. The van der Waals surface area contributed by atoms with Crippen molar-refractivity contribution in [3.63, 3.8) is 0 Å². The Bertz CT molecular complexity index is 3540. The number of nitrogens with zero attached hydrogens (tertiary/aromatic N) is 2. The smallest absolute Gasteiger partial charge is 0.416 e. The van der Waals surface area contributed by atoms with E-state index >= 15 is 0 Å². The summed E-state index contributed by atoms with van der Waals surface area (Å²) in [6, 6.07) is 14.2. The molecular formula is C31H24F6N4O6S25. The zero-order valence-corrected chi connectivity index (χ0v) is 55.2. The monoisotopic (exact) mass is 1460 g/mol. The summed E-state index contributed by atoms with van der Waals surface area (Å²) in [4.78, 5) is 53.8. The van der Waals surface area contributed by atoms with Gasteiger partial charge < -0.3 is 20.5 Å². The molecule has 3 N–H and O–H groups in total. The molecule has 41 heteroatoms. The Kier molecular flexibility index (Phi) is 39.5. The summed E-state index contributed by atoms with van der Waals surface area (Å²) < 4.78 is 81.2. The molecule has 0 spiro atoms. The molecule has 2 heterocycles. The van der Waals surface area contributed by atoms with E-state index in [1.54, 1.807) is 151 Å². The number of aryl methyl sites for hydroxylation is 2. The number of hydrogen-bond donors (Lipinski definition) is 3. The van der Waals surface area contributed by atoms with Crippen molar-refractivity contribution in [2.45, 2.75) is 26.2 Å². The van der Waals surface area contributed by atoms with E-state index in [0.29, 0.717) is 11.1 Å². The highest BCUT2D eigenvalue weighted by Gasteiger charge is 2.32. The zero-order chi connectivity index (χ0) is 54.0. The number of amides is 2. The molecule has 0 aliphatic carbocycles. The number of nitrogens with one attached hydrogen (secondary N) is 2. The number of aromatic nitrogens is 2. The van der Waals surface area contributed by atoms with Crippen LogP contribution in [0.5, 0.6) is 0 Å². The highest BCUT2D eigenvalue weighted by atomic mass is 33.5. The molecule has 10 nitrogen and oxygen atoms in total. The summed E-state index contributed by atoms with van der Waals surface area (Å²) in [5.74, 6) is -3.57. The van der Waals surface area contributed by atoms with E-state index in [-0.39, 0.29) is 34.2 Å². The third-order valence-electron chi connectivity index (χ3n) is 6.43. The zero-order valence-electron chi connectivity index (χ0n) is 34.8. The minimum atomic E-state index is -4.53. The van der Waals surface area contributed by atoms with Crippen molar-refractivity contribution in [3.05, 3.63) is 118 Å². The lowest BCUT2D eigenvalue weighted by Crippen LogP contribution is -2.16. The third-order valence-corrected chi connectivity index (χ3v) is 48.7. The molecule has 0 aliphatic heterocycles. The largest absolute Gasteiger partial charge is 0.477 e. The van der Waals surface area contributed by atoms with Gasteiger partial charge in [-0.25, -0.2) is 19.6 Å². The number of pyridine rings is 2. The number of ether oxygens (including phenoxy) is 1. The Morgan fingerprint density at radius 3 is 1.07 bits per heavy atom. The molecule has 2 aromatic carbocycles. The summed E-state index contributed by atoms with van der Waals surface area (Å²) in [6.07, 6.45) is -9.05. The van der Waals surface area contributed by atoms with Gasteiger partial charge in [-0.15, -0.1) is 0 Å². The van der Waals surface area contributed by atoms with Crippen LogP contribution < -0.4 is 10.6 Å². The number of carbonyl (C=O) groups is 4.